The van der Waals surface area contributed by atoms with Crippen LogP contribution < -0.4 is 0 Å². The van der Waals surface area contributed by atoms with E-state index < -0.39 is 0 Å². The molecule has 0 atom stereocenters. The van der Waals surface area contributed by atoms with Gasteiger partial charge in [-0.1, -0.05) is 48.5 Å². The maximum Gasteiger partial charge on any atom is 0.0578 e. The number of nitrogens with one attached hydrogen (secondary N) is 1. The van der Waals surface area contributed by atoms with Gasteiger partial charge in [-0.05, 0) is 18.6 Å². The first-order valence-corrected chi connectivity index (χ1v) is 6.76. The van der Waals surface area contributed by atoms with E-state index in [4.69, 9.17) is 0 Å². The fraction of sp³-hybridized carbons (Fsp3) is 0.0556. The van der Waals surface area contributed by atoms with Crippen LogP contribution in [-0.2, 0) is 0 Å². The van der Waals surface area contributed by atoms with Gasteiger partial charge in [0.25, 0.3) is 0 Å². The molecule has 0 aliphatic heterocycles. The molecule has 0 saturated carbocycles. The van der Waals surface area contributed by atoms with Gasteiger partial charge in [0.05, 0.1) is 5.52 Å². The van der Waals surface area contributed by atoms with Crippen LogP contribution in [0.1, 0.15) is 5.69 Å². The van der Waals surface area contributed by atoms with Crippen LogP contribution in [-0.4, -0.2) is 9.97 Å². The third kappa shape index (κ3) is 1.55. The second-order valence-corrected chi connectivity index (χ2v) is 5.04. The summed E-state index contributed by atoms with van der Waals surface area (Å²) in [5.74, 6) is 0. The molecule has 0 amide bonds. The van der Waals surface area contributed by atoms with Crippen LogP contribution >= 0.6 is 0 Å². The number of nitrogens with zero attached hydrogens (tertiary/aromatic N) is 1. The summed E-state index contributed by atoms with van der Waals surface area (Å²) in [5, 5.41) is 2.41. The van der Waals surface area contributed by atoms with E-state index in [2.05, 4.69) is 65.4 Å². The van der Waals surface area contributed by atoms with Crippen molar-refractivity contribution in [3.8, 4) is 11.1 Å². The van der Waals surface area contributed by atoms with E-state index in [0.717, 1.165) is 11.2 Å². The monoisotopic (exact) mass is 258 g/mol. The highest BCUT2D eigenvalue weighted by atomic mass is 14.7. The van der Waals surface area contributed by atoms with E-state index in [9.17, 15) is 0 Å². The van der Waals surface area contributed by atoms with Gasteiger partial charge in [-0.3, -0.25) is 4.98 Å². The van der Waals surface area contributed by atoms with Crippen molar-refractivity contribution in [1.29, 1.82) is 0 Å². The van der Waals surface area contributed by atoms with Crippen molar-refractivity contribution in [2.24, 2.45) is 0 Å². The first kappa shape index (κ1) is 11.2. The van der Waals surface area contributed by atoms with Crippen molar-refractivity contribution in [2.45, 2.75) is 6.92 Å². The quantitative estimate of drug-likeness (QED) is 0.527. The topological polar surface area (TPSA) is 28.7 Å². The Morgan fingerprint density at radius 3 is 2.45 bits per heavy atom. The van der Waals surface area contributed by atoms with Gasteiger partial charge >= 0.3 is 0 Å². The van der Waals surface area contributed by atoms with E-state index >= 15 is 0 Å². The molecule has 1 N–H and O–H groups in total. The number of hydrogen-bond acceptors (Lipinski definition) is 1. The Labute approximate surface area is 117 Å². The SMILES string of the molecule is Cc1ncc2c([nH]c3ccccc32)c1-c1ccccc1. The van der Waals surface area contributed by atoms with E-state index in [1.165, 1.54) is 27.4 Å². The first-order chi connectivity index (χ1) is 9.84. The summed E-state index contributed by atoms with van der Waals surface area (Å²) in [4.78, 5) is 8.13. The van der Waals surface area contributed by atoms with E-state index in [1.54, 1.807) is 0 Å². The van der Waals surface area contributed by atoms with Crippen LogP contribution in [0.3, 0.4) is 0 Å². The fourth-order valence-electron chi connectivity index (χ4n) is 2.86. The smallest absolute Gasteiger partial charge is 0.0578 e. The standard InChI is InChI=1S/C18H14N2/c1-12-17(13-7-3-2-4-8-13)18-15(11-19-12)14-9-5-6-10-16(14)20-18/h2-11,20H,1H3. The van der Waals surface area contributed by atoms with Crippen LogP contribution in [0.5, 0.6) is 0 Å². The van der Waals surface area contributed by atoms with Crippen LogP contribution in [0.15, 0.2) is 60.8 Å². The molecule has 2 heterocycles. The maximum absolute atomic E-state index is 4.59. The average Bonchev–Trinajstić information content (AvgIpc) is 2.86. The Bertz CT molecular complexity index is 905. The van der Waals surface area contributed by atoms with Gasteiger partial charge in [0.1, 0.15) is 0 Å². The van der Waals surface area contributed by atoms with Crippen LogP contribution in [0.25, 0.3) is 32.9 Å². The molecule has 2 nitrogen and oxygen atoms in total. The minimum atomic E-state index is 1.05. The van der Waals surface area contributed by atoms with Crippen molar-refractivity contribution in [2.75, 3.05) is 0 Å². The van der Waals surface area contributed by atoms with E-state index in [0.29, 0.717) is 0 Å². The van der Waals surface area contributed by atoms with Crippen molar-refractivity contribution in [3.63, 3.8) is 0 Å². The van der Waals surface area contributed by atoms with Gasteiger partial charge in [-0.2, -0.15) is 0 Å². The number of H-pyrrole nitrogens is 1. The number of aryl methyl sites for hydroxylation is 1. The molecule has 0 fully saturated rings. The molecule has 0 spiro atoms. The summed E-state index contributed by atoms with van der Waals surface area (Å²) < 4.78 is 0. The summed E-state index contributed by atoms with van der Waals surface area (Å²) >= 11 is 0. The maximum atomic E-state index is 4.59. The highest BCUT2D eigenvalue weighted by molar-refractivity contribution is 6.11. The Morgan fingerprint density at radius 1 is 0.850 bits per heavy atom. The summed E-state index contributed by atoms with van der Waals surface area (Å²) in [6.45, 7) is 2.06. The summed E-state index contributed by atoms with van der Waals surface area (Å²) in [6, 6.07) is 18.8. The first-order valence-electron chi connectivity index (χ1n) is 6.76. The lowest BCUT2D eigenvalue weighted by atomic mass is 10.0. The van der Waals surface area contributed by atoms with Crippen molar-refractivity contribution < 1.29 is 0 Å². The van der Waals surface area contributed by atoms with Crippen LogP contribution in [0, 0.1) is 6.92 Å². The van der Waals surface area contributed by atoms with Crippen molar-refractivity contribution in [1.82, 2.24) is 9.97 Å². The molecule has 4 rings (SSSR count). The zero-order valence-electron chi connectivity index (χ0n) is 11.2. The van der Waals surface area contributed by atoms with Gasteiger partial charge in [-0.25, -0.2) is 0 Å². The summed E-state index contributed by atoms with van der Waals surface area (Å²) in [7, 11) is 0. The van der Waals surface area contributed by atoms with Crippen LogP contribution in [0.4, 0.5) is 0 Å². The molecule has 2 aromatic carbocycles. The minimum absolute atomic E-state index is 1.05. The van der Waals surface area contributed by atoms with Gasteiger partial charge in [0.2, 0.25) is 0 Å². The molecule has 0 saturated heterocycles. The van der Waals surface area contributed by atoms with Gasteiger partial charge in [0, 0.05) is 33.7 Å². The normalized spacial score (nSPS) is 11.2. The summed E-state index contributed by atoms with van der Waals surface area (Å²) in [5.41, 5.74) is 5.78. The van der Waals surface area contributed by atoms with Crippen LogP contribution in [0.2, 0.25) is 0 Å². The molecule has 0 aliphatic carbocycles. The molecule has 2 heteroatoms. The predicted molar refractivity (Wildman–Crippen MR) is 83.8 cm³/mol. The molecule has 0 unspecified atom stereocenters. The number of aromatic nitrogens is 2. The number of fused-ring (bicyclic) bond motifs is 3. The Morgan fingerprint density at radius 2 is 1.60 bits per heavy atom. The second kappa shape index (κ2) is 4.20. The van der Waals surface area contributed by atoms with Crippen molar-refractivity contribution in [3.05, 3.63) is 66.5 Å². The van der Waals surface area contributed by atoms with Gasteiger partial charge in [-0.15, -0.1) is 0 Å². The molecule has 2 aromatic heterocycles. The number of hydrogen-bond donors (Lipinski definition) is 1. The number of aromatic amines is 1. The average molecular weight is 258 g/mol. The summed E-state index contributed by atoms with van der Waals surface area (Å²) in [6.07, 6.45) is 1.97. The fourth-order valence-corrected chi connectivity index (χ4v) is 2.86. The molecular weight excluding hydrogens is 244 g/mol. The third-order valence-corrected chi connectivity index (χ3v) is 3.81. The highest BCUT2D eigenvalue weighted by Gasteiger charge is 2.12. The Kier molecular flexibility index (Phi) is 2.36. The number of para-hydroxylation sites is 1. The molecule has 0 aliphatic rings. The lowest BCUT2D eigenvalue weighted by molar-refractivity contribution is 1.22. The Balaban J connectivity index is 2.17. The van der Waals surface area contributed by atoms with Gasteiger partial charge in [0.15, 0.2) is 0 Å². The predicted octanol–water partition coefficient (Wildman–Crippen LogP) is 4.69. The Hall–Kier alpha value is -2.61. The highest BCUT2D eigenvalue weighted by Crippen LogP contribution is 2.33. The molecule has 4 aromatic rings. The van der Waals surface area contributed by atoms with E-state index in [1.807, 2.05) is 12.3 Å². The molecule has 20 heavy (non-hydrogen) atoms. The zero-order valence-corrected chi connectivity index (χ0v) is 11.2. The van der Waals surface area contributed by atoms with Gasteiger partial charge < -0.3 is 4.98 Å². The number of benzene rings is 2. The molecule has 0 radical (unpaired) electrons. The van der Waals surface area contributed by atoms with Crippen molar-refractivity contribution >= 4 is 21.8 Å². The van der Waals surface area contributed by atoms with E-state index in [-0.39, 0.29) is 0 Å². The lowest BCUT2D eigenvalue weighted by Crippen LogP contribution is -1.89. The molecule has 96 valence electrons. The lowest BCUT2D eigenvalue weighted by Gasteiger charge is -2.06. The number of pyridine rings is 1. The third-order valence-electron chi connectivity index (χ3n) is 3.81. The minimum Gasteiger partial charge on any atom is -0.354 e. The zero-order chi connectivity index (χ0) is 13.5. The molecular formula is C18H14N2. The number of rotatable bonds is 1. The second-order valence-electron chi connectivity index (χ2n) is 5.04. The largest absolute Gasteiger partial charge is 0.354 e. The molecule has 0 bridgehead atoms.